The molecule has 5 heteroatoms. The first-order valence-corrected chi connectivity index (χ1v) is 6.63. The summed E-state index contributed by atoms with van der Waals surface area (Å²) < 4.78 is 13.8. The molecule has 1 amide bonds. The topological polar surface area (TPSA) is 70.1 Å². The smallest absolute Gasteiger partial charge is 0.240 e. The van der Waals surface area contributed by atoms with Gasteiger partial charge in [-0.05, 0) is 25.0 Å². The number of likely N-dealkylation sites (N-methyl/N-ethyl adjacent to an activating group) is 1. The van der Waals surface area contributed by atoms with Gasteiger partial charge in [0.1, 0.15) is 5.82 Å². The van der Waals surface area contributed by atoms with Crippen molar-refractivity contribution >= 4 is 5.91 Å². The molecule has 1 rings (SSSR count). The van der Waals surface area contributed by atoms with Crippen LogP contribution in [0.5, 0.6) is 0 Å². The zero-order valence-electron chi connectivity index (χ0n) is 12.1. The van der Waals surface area contributed by atoms with E-state index in [1.54, 1.807) is 6.07 Å². The first-order valence-electron chi connectivity index (χ1n) is 6.63. The van der Waals surface area contributed by atoms with Crippen molar-refractivity contribution in [3.63, 3.8) is 0 Å². The largest absolute Gasteiger partial charge is 0.337 e. The highest BCUT2D eigenvalue weighted by Gasteiger charge is 2.23. The van der Waals surface area contributed by atoms with E-state index in [0.29, 0.717) is 12.1 Å². The summed E-state index contributed by atoms with van der Waals surface area (Å²) >= 11 is 0. The summed E-state index contributed by atoms with van der Waals surface area (Å²) in [6.07, 6.45) is 0. The van der Waals surface area contributed by atoms with E-state index in [1.807, 2.05) is 26.8 Å². The average molecular weight is 277 g/mol. The molecule has 1 aromatic carbocycles. The lowest BCUT2D eigenvalue weighted by atomic mass is 10.0. The molecule has 20 heavy (non-hydrogen) atoms. The Kier molecular flexibility index (Phi) is 5.66. The number of hydrogen-bond acceptors (Lipinski definition) is 3. The van der Waals surface area contributed by atoms with Crippen molar-refractivity contribution < 1.29 is 9.18 Å². The highest BCUT2D eigenvalue weighted by Crippen LogP contribution is 2.14. The Labute approximate surface area is 119 Å². The summed E-state index contributed by atoms with van der Waals surface area (Å²) in [7, 11) is 0. The summed E-state index contributed by atoms with van der Waals surface area (Å²) in [4.78, 5) is 13.7. The van der Waals surface area contributed by atoms with E-state index in [1.165, 1.54) is 17.0 Å². The van der Waals surface area contributed by atoms with E-state index < -0.39 is 11.9 Å². The quantitative estimate of drug-likeness (QED) is 0.895. The van der Waals surface area contributed by atoms with Gasteiger partial charge in [0.2, 0.25) is 5.91 Å². The van der Waals surface area contributed by atoms with Crippen molar-refractivity contribution in [1.82, 2.24) is 4.90 Å². The Bertz CT molecular complexity index is 522. The molecule has 0 bridgehead atoms. The summed E-state index contributed by atoms with van der Waals surface area (Å²) in [6, 6.07) is 5.54. The van der Waals surface area contributed by atoms with Crippen molar-refractivity contribution in [2.45, 2.75) is 33.4 Å². The van der Waals surface area contributed by atoms with Crippen LogP contribution in [-0.2, 0) is 11.3 Å². The molecule has 4 nitrogen and oxygen atoms in total. The van der Waals surface area contributed by atoms with E-state index in [0.717, 1.165) is 0 Å². The summed E-state index contributed by atoms with van der Waals surface area (Å²) in [5.74, 6) is -0.637. The maximum Gasteiger partial charge on any atom is 0.240 e. The molecule has 0 heterocycles. The molecule has 0 fully saturated rings. The van der Waals surface area contributed by atoms with Crippen LogP contribution in [0.3, 0.4) is 0 Å². The van der Waals surface area contributed by atoms with Gasteiger partial charge in [-0.25, -0.2) is 4.39 Å². The molecule has 0 aliphatic carbocycles. The second kappa shape index (κ2) is 7.01. The lowest BCUT2D eigenvalue weighted by Gasteiger charge is -2.26. The van der Waals surface area contributed by atoms with Crippen LogP contribution in [0.15, 0.2) is 18.2 Å². The summed E-state index contributed by atoms with van der Waals surface area (Å²) in [5.41, 5.74) is 6.49. The molecule has 0 aliphatic heterocycles. The van der Waals surface area contributed by atoms with Crippen LogP contribution in [0.1, 0.15) is 31.9 Å². The maximum absolute atomic E-state index is 13.8. The lowest BCUT2D eigenvalue weighted by Crippen LogP contribution is -2.46. The zero-order chi connectivity index (χ0) is 15.3. The van der Waals surface area contributed by atoms with Crippen LogP contribution in [0, 0.1) is 23.1 Å². The van der Waals surface area contributed by atoms with Gasteiger partial charge >= 0.3 is 0 Å². The normalized spacial score (nSPS) is 12.1. The monoisotopic (exact) mass is 277 g/mol. The first-order chi connectivity index (χ1) is 9.40. The molecule has 108 valence electrons. The third kappa shape index (κ3) is 3.78. The number of nitriles is 1. The predicted octanol–water partition coefficient (Wildman–Crippen LogP) is 2.03. The van der Waals surface area contributed by atoms with E-state index >= 15 is 0 Å². The fourth-order valence-electron chi connectivity index (χ4n) is 1.79. The molecular formula is C15H20FN3O. The number of rotatable bonds is 5. The van der Waals surface area contributed by atoms with Gasteiger partial charge in [-0.3, -0.25) is 4.79 Å². The number of carbonyl (C=O) groups is 1. The van der Waals surface area contributed by atoms with Gasteiger partial charge in [-0.1, -0.05) is 19.9 Å². The van der Waals surface area contributed by atoms with E-state index in [2.05, 4.69) is 0 Å². The Morgan fingerprint density at radius 3 is 2.60 bits per heavy atom. The van der Waals surface area contributed by atoms with Crippen LogP contribution in [0.2, 0.25) is 0 Å². The Morgan fingerprint density at radius 1 is 1.50 bits per heavy atom. The molecule has 1 atom stereocenters. The third-order valence-corrected chi connectivity index (χ3v) is 3.24. The summed E-state index contributed by atoms with van der Waals surface area (Å²) in [5, 5.41) is 8.71. The van der Waals surface area contributed by atoms with Crippen molar-refractivity contribution in [1.29, 1.82) is 5.26 Å². The number of benzene rings is 1. The first kappa shape index (κ1) is 16.1. The third-order valence-electron chi connectivity index (χ3n) is 3.24. The van der Waals surface area contributed by atoms with Crippen molar-refractivity contribution in [3.05, 3.63) is 35.1 Å². The van der Waals surface area contributed by atoms with Crippen molar-refractivity contribution in [3.8, 4) is 6.07 Å². The fourth-order valence-corrected chi connectivity index (χ4v) is 1.79. The van der Waals surface area contributed by atoms with Crippen molar-refractivity contribution in [2.75, 3.05) is 6.54 Å². The molecule has 0 radical (unpaired) electrons. The minimum atomic E-state index is -0.587. The Balaban J connectivity index is 2.89. The van der Waals surface area contributed by atoms with Crippen LogP contribution >= 0.6 is 0 Å². The molecule has 0 saturated heterocycles. The standard InChI is InChI=1S/C15H20FN3O/c1-4-19(15(20)14(18)10(2)3)9-12-6-5-11(8-17)7-13(12)16/h5-7,10,14H,4,9,18H2,1-3H3/t14-/m0/s1. The lowest BCUT2D eigenvalue weighted by molar-refractivity contribution is -0.134. The highest BCUT2D eigenvalue weighted by molar-refractivity contribution is 5.81. The molecule has 0 aliphatic rings. The number of nitrogens with two attached hydrogens (primary N) is 1. The van der Waals surface area contributed by atoms with Gasteiger partial charge in [-0.15, -0.1) is 0 Å². The van der Waals surface area contributed by atoms with Crippen LogP contribution in [0.25, 0.3) is 0 Å². The molecule has 0 spiro atoms. The number of halogens is 1. The van der Waals surface area contributed by atoms with Gasteiger partial charge in [-0.2, -0.15) is 5.26 Å². The predicted molar refractivity (Wildman–Crippen MR) is 75.0 cm³/mol. The number of amides is 1. The Morgan fingerprint density at radius 2 is 2.15 bits per heavy atom. The Hall–Kier alpha value is -1.93. The van der Waals surface area contributed by atoms with Crippen molar-refractivity contribution in [2.24, 2.45) is 11.7 Å². The SMILES string of the molecule is CCN(Cc1ccc(C#N)cc1F)C(=O)[C@@H](N)C(C)C. The van der Waals surface area contributed by atoms with E-state index in [9.17, 15) is 9.18 Å². The number of hydrogen-bond donors (Lipinski definition) is 1. The molecule has 1 aromatic rings. The maximum atomic E-state index is 13.8. The molecule has 2 N–H and O–H groups in total. The molecular weight excluding hydrogens is 257 g/mol. The molecule has 0 aromatic heterocycles. The minimum Gasteiger partial charge on any atom is -0.337 e. The van der Waals surface area contributed by atoms with Gasteiger partial charge in [0.15, 0.2) is 0 Å². The fraction of sp³-hybridized carbons (Fsp3) is 0.467. The van der Waals surface area contributed by atoms with Crippen LogP contribution in [0.4, 0.5) is 4.39 Å². The minimum absolute atomic E-state index is 0.0300. The molecule has 0 saturated carbocycles. The second-order valence-electron chi connectivity index (χ2n) is 5.04. The molecule has 0 unspecified atom stereocenters. The second-order valence-corrected chi connectivity index (χ2v) is 5.04. The van der Waals surface area contributed by atoms with Crippen LogP contribution in [-0.4, -0.2) is 23.4 Å². The van der Waals surface area contributed by atoms with Gasteiger partial charge in [0.25, 0.3) is 0 Å². The highest BCUT2D eigenvalue weighted by atomic mass is 19.1. The summed E-state index contributed by atoms with van der Waals surface area (Å²) in [6.45, 7) is 6.19. The average Bonchev–Trinajstić information content (AvgIpc) is 2.44. The van der Waals surface area contributed by atoms with E-state index in [-0.39, 0.29) is 23.9 Å². The van der Waals surface area contributed by atoms with Crippen LogP contribution < -0.4 is 5.73 Å². The van der Waals surface area contributed by atoms with Gasteiger partial charge in [0, 0.05) is 18.7 Å². The van der Waals surface area contributed by atoms with Gasteiger partial charge in [0.05, 0.1) is 17.7 Å². The van der Waals surface area contributed by atoms with E-state index in [4.69, 9.17) is 11.0 Å². The number of nitrogens with zero attached hydrogens (tertiary/aromatic N) is 2. The number of carbonyl (C=O) groups excluding carboxylic acids is 1. The zero-order valence-corrected chi connectivity index (χ0v) is 12.1. The van der Waals surface area contributed by atoms with Gasteiger partial charge < -0.3 is 10.6 Å².